The van der Waals surface area contributed by atoms with Gasteiger partial charge in [0.25, 0.3) is 0 Å². The fourth-order valence-corrected chi connectivity index (χ4v) is 3.48. The number of benzene rings is 1. The molecule has 7 nitrogen and oxygen atoms in total. The predicted molar refractivity (Wildman–Crippen MR) is 96.7 cm³/mol. The van der Waals surface area contributed by atoms with Crippen molar-refractivity contribution in [2.24, 2.45) is 0 Å². The molecule has 2 heterocycles. The molecule has 0 spiro atoms. The van der Waals surface area contributed by atoms with Gasteiger partial charge in [-0.15, -0.1) is 0 Å². The number of carbonyl (C=O) groups is 2. The van der Waals surface area contributed by atoms with Crippen LogP contribution in [0, 0.1) is 0 Å². The van der Waals surface area contributed by atoms with Crippen LogP contribution in [0.4, 0.5) is 4.79 Å². The molecule has 1 aromatic rings. The topological polar surface area (TPSA) is 79.9 Å². The van der Waals surface area contributed by atoms with Gasteiger partial charge in [0.2, 0.25) is 0 Å². The van der Waals surface area contributed by atoms with Crippen molar-refractivity contribution in [3.8, 4) is 5.75 Å². The highest BCUT2D eigenvalue weighted by Crippen LogP contribution is 2.29. The number of esters is 1. The molecule has 2 aliphatic rings. The van der Waals surface area contributed by atoms with Crippen LogP contribution in [0.25, 0.3) is 0 Å². The Kier molecular flexibility index (Phi) is 5.78. The molecule has 0 aromatic heterocycles. The lowest BCUT2D eigenvalue weighted by atomic mass is 9.94. The molecule has 3 rings (SSSR count). The van der Waals surface area contributed by atoms with Gasteiger partial charge in [0.05, 0.1) is 25.8 Å². The van der Waals surface area contributed by atoms with Crippen LogP contribution < -0.4 is 15.4 Å². The van der Waals surface area contributed by atoms with Crippen LogP contribution >= 0.6 is 0 Å². The molecule has 2 N–H and O–H groups in total. The maximum atomic E-state index is 12.5. The van der Waals surface area contributed by atoms with Crippen molar-refractivity contribution in [2.45, 2.75) is 25.3 Å². The normalized spacial score (nSPS) is 21.0. The average molecular weight is 359 g/mol. The first-order valence-electron chi connectivity index (χ1n) is 8.87. The molecular weight excluding hydrogens is 334 g/mol. The monoisotopic (exact) mass is 359 g/mol. The molecule has 1 fully saturated rings. The summed E-state index contributed by atoms with van der Waals surface area (Å²) in [7, 11) is 2.95. The molecule has 140 valence electrons. The maximum absolute atomic E-state index is 12.5. The SMILES string of the molecule is COC(=O)C1=C(CN2CCCCC2)NC(=O)N[C@@H]1c1ccc(OC)cc1. The second-order valence-electron chi connectivity index (χ2n) is 6.53. The third-order valence-electron chi connectivity index (χ3n) is 4.84. The molecule has 1 aromatic carbocycles. The van der Waals surface area contributed by atoms with Gasteiger partial charge in [0.1, 0.15) is 5.75 Å². The second-order valence-corrected chi connectivity index (χ2v) is 6.53. The Labute approximate surface area is 153 Å². The van der Waals surface area contributed by atoms with Crippen molar-refractivity contribution < 1.29 is 19.1 Å². The Morgan fingerprint density at radius 2 is 1.85 bits per heavy atom. The molecule has 0 aliphatic carbocycles. The van der Waals surface area contributed by atoms with E-state index in [1.165, 1.54) is 13.5 Å². The quantitative estimate of drug-likeness (QED) is 0.786. The van der Waals surface area contributed by atoms with Crippen LogP contribution in [0.1, 0.15) is 30.9 Å². The van der Waals surface area contributed by atoms with Crippen LogP contribution in [-0.2, 0) is 9.53 Å². The summed E-state index contributed by atoms with van der Waals surface area (Å²) in [6, 6.07) is 6.44. The number of nitrogens with one attached hydrogen (secondary N) is 2. The number of carbonyl (C=O) groups excluding carboxylic acids is 2. The van der Waals surface area contributed by atoms with Crippen molar-refractivity contribution in [1.29, 1.82) is 0 Å². The van der Waals surface area contributed by atoms with Gasteiger partial charge in [0, 0.05) is 12.2 Å². The van der Waals surface area contributed by atoms with E-state index in [0.29, 0.717) is 23.6 Å². The zero-order chi connectivity index (χ0) is 18.5. The van der Waals surface area contributed by atoms with E-state index in [-0.39, 0.29) is 6.03 Å². The summed E-state index contributed by atoms with van der Waals surface area (Å²) < 4.78 is 10.2. The standard InChI is InChI=1S/C19H25N3O4/c1-25-14-8-6-13(7-9-14)17-16(18(23)26-2)15(20-19(24)21-17)12-22-10-4-3-5-11-22/h6-9,17H,3-5,10-12H2,1-2H3,(H2,20,21,24)/t17-/m1/s1. The zero-order valence-electron chi connectivity index (χ0n) is 15.2. The summed E-state index contributed by atoms with van der Waals surface area (Å²) in [5.41, 5.74) is 1.86. The molecular formula is C19H25N3O4. The number of methoxy groups -OCH3 is 2. The summed E-state index contributed by atoms with van der Waals surface area (Å²) >= 11 is 0. The first-order chi connectivity index (χ1) is 12.6. The van der Waals surface area contributed by atoms with Gasteiger partial charge in [-0.3, -0.25) is 4.90 Å². The summed E-state index contributed by atoms with van der Waals surface area (Å²) in [5, 5.41) is 5.65. The number of hydrogen-bond donors (Lipinski definition) is 2. The van der Waals surface area contributed by atoms with Gasteiger partial charge in [-0.2, -0.15) is 0 Å². The number of urea groups is 1. The molecule has 0 unspecified atom stereocenters. The summed E-state index contributed by atoms with van der Waals surface area (Å²) in [6.45, 7) is 2.47. The van der Waals surface area contributed by atoms with Gasteiger partial charge in [0.15, 0.2) is 0 Å². The van der Waals surface area contributed by atoms with Gasteiger partial charge in [-0.05, 0) is 43.6 Å². The van der Waals surface area contributed by atoms with Crippen molar-refractivity contribution >= 4 is 12.0 Å². The lowest BCUT2D eigenvalue weighted by Gasteiger charge is -2.33. The van der Waals surface area contributed by atoms with E-state index in [1.54, 1.807) is 7.11 Å². The molecule has 0 bridgehead atoms. The minimum Gasteiger partial charge on any atom is -0.497 e. The Hall–Kier alpha value is -2.54. The van der Waals surface area contributed by atoms with E-state index in [9.17, 15) is 9.59 Å². The van der Waals surface area contributed by atoms with E-state index in [1.807, 2.05) is 24.3 Å². The van der Waals surface area contributed by atoms with E-state index in [4.69, 9.17) is 9.47 Å². The molecule has 7 heteroatoms. The lowest BCUT2D eigenvalue weighted by Crippen LogP contribution is -2.48. The highest BCUT2D eigenvalue weighted by Gasteiger charge is 2.34. The Morgan fingerprint density at radius 1 is 1.15 bits per heavy atom. The van der Waals surface area contributed by atoms with Crippen LogP contribution in [0.15, 0.2) is 35.5 Å². The minimum atomic E-state index is -0.554. The maximum Gasteiger partial charge on any atom is 0.338 e. The van der Waals surface area contributed by atoms with E-state index in [2.05, 4.69) is 15.5 Å². The lowest BCUT2D eigenvalue weighted by molar-refractivity contribution is -0.136. The van der Waals surface area contributed by atoms with Gasteiger partial charge < -0.3 is 20.1 Å². The molecule has 0 radical (unpaired) electrons. The van der Waals surface area contributed by atoms with E-state index in [0.717, 1.165) is 31.5 Å². The number of hydrogen-bond acceptors (Lipinski definition) is 5. The van der Waals surface area contributed by atoms with Crippen molar-refractivity contribution in [3.63, 3.8) is 0 Å². The highest BCUT2D eigenvalue weighted by molar-refractivity contribution is 5.95. The number of rotatable bonds is 5. The van der Waals surface area contributed by atoms with Gasteiger partial charge in [-0.1, -0.05) is 18.6 Å². The number of piperidine rings is 1. The smallest absolute Gasteiger partial charge is 0.338 e. The molecule has 0 saturated carbocycles. The predicted octanol–water partition coefficient (Wildman–Crippen LogP) is 1.96. The molecule has 26 heavy (non-hydrogen) atoms. The van der Waals surface area contributed by atoms with Crippen LogP contribution in [0.5, 0.6) is 5.75 Å². The van der Waals surface area contributed by atoms with Crippen LogP contribution in [0.2, 0.25) is 0 Å². The van der Waals surface area contributed by atoms with Crippen molar-refractivity contribution in [1.82, 2.24) is 15.5 Å². The number of ether oxygens (including phenoxy) is 2. The largest absolute Gasteiger partial charge is 0.497 e. The van der Waals surface area contributed by atoms with Gasteiger partial charge in [-0.25, -0.2) is 9.59 Å². The summed E-state index contributed by atoms with van der Waals surface area (Å²) in [6.07, 6.45) is 3.49. The first-order valence-corrected chi connectivity index (χ1v) is 8.87. The van der Waals surface area contributed by atoms with Crippen LogP contribution in [-0.4, -0.2) is 50.8 Å². The molecule has 2 aliphatic heterocycles. The fraction of sp³-hybridized carbons (Fsp3) is 0.474. The molecule has 1 atom stereocenters. The third kappa shape index (κ3) is 3.99. The third-order valence-corrected chi connectivity index (χ3v) is 4.84. The number of nitrogens with zero attached hydrogens (tertiary/aromatic N) is 1. The Morgan fingerprint density at radius 3 is 2.46 bits per heavy atom. The van der Waals surface area contributed by atoms with E-state index < -0.39 is 12.0 Å². The first kappa shape index (κ1) is 18.3. The van der Waals surface area contributed by atoms with E-state index >= 15 is 0 Å². The van der Waals surface area contributed by atoms with Crippen molar-refractivity contribution in [3.05, 3.63) is 41.1 Å². The Balaban J connectivity index is 1.95. The average Bonchev–Trinajstić information content (AvgIpc) is 2.68. The highest BCUT2D eigenvalue weighted by atomic mass is 16.5. The minimum absolute atomic E-state index is 0.314. The van der Waals surface area contributed by atoms with Gasteiger partial charge >= 0.3 is 12.0 Å². The number of likely N-dealkylation sites (tertiary alicyclic amines) is 1. The fourth-order valence-electron chi connectivity index (χ4n) is 3.48. The molecule has 1 saturated heterocycles. The second kappa shape index (κ2) is 8.23. The Bertz CT molecular complexity index is 693. The van der Waals surface area contributed by atoms with Crippen molar-refractivity contribution in [2.75, 3.05) is 33.9 Å². The van der Waals surface area contributed by atoms with Crippen LogP contribution in [0.3, 0.4) is 0 Å². The summed E-state index contributed by atoms with van der Waals surface area (Å²) in [5.74, 6) is 0.275. The zero-order valence-corrected chi connectivity index (χ0v) is 15.2. The number of amides is 2. The summed E-state index contributed by atoms with van der Waals surface area (Å²) in [4.78, 5) is 27.0. The molecule has 2 amide bonds.